The monoisotopic (exact) mass is 557 g/mol. The van der Waals surface area contributed by atoms with Crippen LogP contribution in [0.1, 0.15) is 59.6 Å². The van der Waals surface area contributed by atoms with Crippen LogP contribution in [0.4, 0.5) is 10.5 Å². The molecule has 10 heteroatoms. The number of rotatable bonds is 9. The van der Waals surface area contributed by atoms with Gasteiger partial charge in [0.25, 0.3) is 0 Å². The van der Waals surface area contributed by atoms with E-state index in [1.807, 2.05) is 58.0 Å². The maximum atomic E-state index is 12.6. The molecule has 3 rings (SSSR count). The third-order valence-electron chi connectivity index (χ3n) is 8.12. The molecule has 1 amide bonds. The summed E-state index contributed by atoms with van der Waals surface area (Å²) in [5.74, 6) is 1.23. The van der Waals surface area contributed by atoms with Crippen molar-refractivity contribution in [3.8, 4) is 11.5 Å². The lowest BCUT2D eigenvalue weighted by Gasteiger charge is -2.36. The fraction of sp³-hybridized carbons (Fsp3) is 0.552. The van der Waals surface area contributed by atoms with Crippen molar-refractivity contribution in [3.05, 3.63) is 47.5 Å². The minimum Gasteiger partial charge on any atom is -0.496 e. The highest BCUT2D eigenvalue weighted by Crippen LogP contribution is 2.38. The highest BCUT2D eigenvalue weighted by molar-refractivity contribution is 6.74. The number of carbonyl (C=O) groups is 1. The van der Waals surface area contributed by atoms with E-state index in [1.54, 1.807) is 20.3 Å². The van der Waals surface area contributed by atoms with Crippen molar-refractivity contribution in [2.45, 2.75) is 91.0 Å². The standard InChI is InChI=1S/C29H44BNO7Si/c1-27(2,3)39(10,11)36-19-21-13-15-23(17-25(21)34-9)31-26(32)35-18-20-12-14-22(16-24(20)33-8)30-37-28(4,5)29(6,7)38-30/h12-17H,18-19H2,1-11H3,(H,31,32). The molecular weight excluding hydrogens is 513 g/mol. The highest BCUT2D eigenvalue weighted by Gasteiger charge is 2.51. The number of nitrogens with one attached hydrogen (secondary N) is 1. The van der Waals surface area contributed by atoms with Crippen molar-refractivity contribution in [3.63, 3.8) is 0 Å². The molecule has 0 atom stereocenters. The molecule has 1 heterocycles. The third-order valence-corrected chi connectivity index (χ3v) is 12.6. The quantitative estimate of drug-likeness (QED) is 0.364. The van der Waals surface area contributed by atoms with Crippen LogP contribution in [0.3, 0.4) is 0 Å². The molecule has 1 aliphatic rings. The van der Waals surface area contributed by atoms with Crippen molar-refractivity contribution in [1.29, 1.82) is 0 Å². The first-order chi connectivity index (χ1) is 18.0. The molecular formula is C29H44BNO7Si. The Balaban J connectivity index is 1.61. The number of ether oxygens (including phenoxy) is 3. The van der Waals surface area contributed by atoms with Crippen LogP contribution in [-0.2, 0) is 31.7 Å². The van der Waals surface area contributed by atoms with Crippen LogP contribution in [-0.4, -0.2) is 47.0 Å². The number of hydrogen-bond acceptors (Lipinski definition) is 7. The molecule has 2 aromatic carbocycles. The topological polar surface area (TPSA) is 84.5 Å². The minimum absolute atomic E-state index is 0.0359. The van der Waals surface area contributed by atoms with Crippen molar-refractivity contribution in [2.24, 2.45) is 0 Å². The molecule has 1 fully saturated rings. The van der Waals surface area contributed by atoms with Crippen molar-refractivity contribution in [1.82, 2.24) is 0 Å². The maximum absolute atomic E-state index is 12.6. The van der Waals surface area contributed by atoms with E-state index in [4.69, 9.17) is 27.9 Å². The molecule has 39 heavy (non-hydrogen) atoms. The molecule has 1 aliphatic heterocycles. The molecule has 0 aliphatic carbocycles. The third kappa shape index (κ3) is 7.17. The van der Waals surface area contributed by atoms with Gasteiger partial charge in [0.2, 0.25) is 0 Å². The van der Waals surface area contributed by atoms with Gasteiger partial charge in [-0.25, -0.2) is 4.79 Å². The van der Waals surface area contributed by atoms with Crippen molar-refractivity contribution < 1.29 is 32.7 Å². The fourth-order valence-electron chi connectivity index (χ4n) is 3.72. The van der Waals surface area contributed by atoms with E-state index in [0.29, 0.717) is 23.8 Å². The average molecular weight is 558 g/mol. The van der Waals surface area contributed by atoms with Crippen LogP contribution in [0.15, 0.2) is 36.4 Å². The van der Waals surface area contributed by atoms with E-state index in [9.17, 15) is 4.79 Å². The van der Waals surface area contributed by atoms with E-state index >= 15 is 0 Å². The van der Waals surface area contributed by atoms with Crippen LogP contribution >= 0.6 is 0 Å². The van der Waals surface area contributed by atoms with Crippen molar-refractivity contribution >= 4 is 32.7 Å². The Kier molecular flexibility index (Phi) is 9.16. The lowest BCUT2D eigenvalue weighted by molar-refractivity contribution is 0.00578. The highest BCUT2D eigenvalue weighted by atomic mass is 28.4. The van der Waals surface area contributed by atoms with Crippen LogP contribution < -0.4 is 20.3 Å². The molecule has 0 radical (unpaired) electrons. The maximum Gasteiger partial charge on any atom is 0.494 e. The van der Waals surface area contributed by atoms with Crippen LogP contribution in [0.2, 0.25) is 18.1 Å². The van der Waals surface area contributed by atoms with E-state index in [0.717, 1.165) is 16.6 Å². The van der Waals surface area contributed by atoms with Crippen molar-refractivity contribution in [2.75, 3.05) is 19.5 Å². The summed E-state index contributed by atoms with van der Waals surface area (Å²) >= 11 is 0. The lowest BCUT2D eigenvalue weighted by Crippen LogP contribution is -2.41. The van der Waals surface area contributed by atoms with E-state index < -0.39 is 32.7 Å². The Hall–Kier alpha value is -2.53. The van der Waals surface area contributed by atoms with Gasteiger partial charge < -0.3 is 27.9 Å². The zero-order valence-corrected chi connectivity index (χ0v) is 26.3. The van der Waals surface area contributed by atoms with Crippen LogP contribution in [0.25, 0.3) is 0 Å². The number of amides is 1. The van der Waals surface area contributed by atoms with Crippen LogP contribution in [0.5, 0.6) is 11.5 Å². The summed E-state index contributed by atoms with van der Waals surface area (Å²) in [6, 6.07) is 11.1. The zero-order valence-electron chi connectivity index (χ0n) is 25.3. The van der Waals surface area contributed by atoms with Gasteiger partial charge in [-0.15, -0.1) is 0 Å². The second kappa shape index (κ2) is 11.5. The van der Waals surface area contributed by atoms with Gasteiger partial charge in [0.05, 0.1) is 32.0 Å². The summed E-state index contributed by atoms with van der Waals surface area (Å²) in [4.78, 5) is 12.6. The van der Waals surface area contributed by atoms with E-state index in [2.05, 4.69) is 39.2 Å². The summed E-state index contributed by atoms with van der Waals surface area (Å²) < 4.78 is 35.2. The molecule has 214 valence electrons. The Bertz CT molecular complexity index is 1160. The lowest BCUT2D eigenvalue weighted by atomic mass is 9.78. The summed E-state index contributed by atoms with van der Waals surface area (Å²) in [5, 5.41) is 2.88. The average Bonchev–Trinajstić information content (AvgIpc) is 3.07. The molecule has 0 bridgehead atoms. The summed E-state index contributed by atoms with van der Waals surface area (Å²) in [5.41, 5.74) is 2.17. The number of benzene rings is 2. The predicted octanol–water partition coefficient (Wildman–Crippen LogP) is 6.27. The summed E-state index contributed by atoms with van der Waals surface area (Å²) in [7, 11) is 0.768. The molecule has 8 nitrogen and oxygen atoms in total. The van der Waals surface area contributed by atoms with Gasteiger partial charge in [-0.05, 0) is 63.4 Å². The number of carbonyl (C=O) groups excluding carboxylic acids is 1. The van der Waals surface area contributed by atoms with Gasteiger partial charge in [0, 0.05) is 22.9 Å². The molecule has 1 N–H and O–H groups in total. The zero-order chi connectivity index (χ0) is 29.2. The number of anilines is 1. The SMILES string of the molecule is COc1cc(B2OC(C)(C)C(C)(C)O2)ccc1COC(=O)Nc1ccc(CO[Si](C)(C)C(C)(C)C)c(OC)c1. The van der Waals surface area contributed by atoms with Gasteiger partial charge in [0.15, 0.2) is 8.32 Å². The Morgan fingerprint density at radius 2 is 1.44 bits per heavy atom. The Morgan fingerprint density at radius 1 is 0.897 bits per heavy atom. The molecule has 1 saturated heterocycles. The van der Waals surface area contributed by atoms with Gasteiger partial charge in [0.1, 0.15) is 18.1 Å². The first-order valence-electron chi connectivity index (χ1n) is 13.3. The minimum atomic E-state index is -1.91. The smallest absolute Gasteiger partial charge is 0.494 e. The van der Waals surface area contributed by atoms with Gasteiger partial charge >= 0.3 is 13.2 Å². The second-order valence-corrected chi connectivity index (χ2v) is 17.2. The van der Waals surface area contributed by atoms with Gasteiger partial charge in [-0.1, -0.05) is 39.0 Å². The van der Waals surface area contributed by atoms with Gasteiger partial charge in [-0.2, -0.15) is 0 Å². The summed E-state index contributed by atoms with van der Waals surface area (Å²) in [6.45, 7) is 19.6. The second-order valence-electron chi connectivity index (χ2n) is 12.4. The van der Waals surface area contributed by atoms with E-state index in [1.165, 1.54) is 0 Å². The number of methoxy groups -OCH3 is 2. The van der Waals surface area contributed by atoms with E-state index in [-0.39, 0.29) is 11.6 Å². The largest absolute Gasteiger partial charge is 0.496 e. The summed E-state index contributed by atoms with van der Waals surface area (Å²) in [6.07, 6.45) is -0.584. The normalized spacial score (nSPS) is 16.6. The molecule has 0 unspecified atom stereocenters. The fourth-order valence-corrected chi connectivity index (χ4v) is 4.67. The first-order valence-corrected chi connectivity index (χ1v) is 16.2. The Labute approximate surface area is 234 Å². The molecule has 2 aromatic rings. The predicted molar refractivity (Wildman–Crippen MR) is 157 cm³/mol. The molecule has 0 aromatic heterocycles. The van der Waals surface area contributed by atoms with Gasteiger partial charge in [-0.3, -0.25) is 5.32 Å². The first kappa shape index (κ1) is 31.0. The Morgan fingerprint density at radius 3 is 2.00 bits per heavy atom. The van der Waals surface area contributed by atoms with Crippen LogP contribution in [0, 0.1) is 0 Å². The molecule has 0 saturated carbocycles. The molecule has 0 spiro atoms. The number of hydrogen-bond donors (Lipinski definition) is 1.